The zero-order chi connectivity index (χ0) is 15.6. The van der Waals surface area contributed by atoms with Crippen molar-refractivity contribution in [1.82, 2.24) is 0 Å². The van der Waals surface area contributed by atoms with Gasteiger partial charge >= 0.3 is 0 Å². The van der Waals surface area contributed by atoms with Crippen molar-refractivity contribution in [2.75, 3.05) is 0 Å². The molecule has 21 heavy (non-hydrogen) atoms. The van der Waals surface area contributed by atoms with Gasteiger partial charge in [0.05, 0.1) is 0 Å². The number of rotatable bonds is 1. The van der Waals surface area contributed by atoms with E-state index in [1.807, 2.05) is 6.08 Å². The first-order valence-corrected chi connectivity index (χ1v) is 7.17. The second kappa shape index (κ2) is 5.90. The topological polar surface area (TPSA) is 0 Å². The molecule has 2 aliphatic carbocycles. The average molecular weight is 272 g/mol. The summed E-state index contributed by atoms with van der Waals surface area (Å²) in [6, 6.07) is 0. The Labute approximate surface area is 128 Å². The molecule has 0 N–H and O–H groups in total. The summed E-state index contributed by atoms with van der Waals surface area (Å²) in [5.74, 6) is 5.98. The van der Waals surface area contributed by atoms with Crippen LogP contribution in [-0.4, -0.2) is 0 Å². The molecule has 0 saturated heterocycles. The fraction of sp³-hybridized carbons (Fsp3) is 0.238. The van der Waals surface area contributed by atoms with Gasteiger partial charge in [-0.3, -0.25) is 0 Å². The van der Waals surface area contributed by atoms with Crippen molar-refractivity contribution >= 4 is 0 Å². The van der Waals surface area contributed by atoms with E-state index < -0.39 is 0 Å². The minimum Gasteiger partial charge on any atom is -0.115 e. The molecule has 0 radical (unpaired) electrons. The Hall–Kier alpha value is -2.44. The van der Waals surface area contributed by atoms with Crippen molar-refractivity contribution in [3.8, 4) is 24.7 Å². The standard InChI is InChI=1S/C21H20/c1-7-17-11-9-15(5)20-13-18(14(3)4)12-10-16(6)21(20)19(17)8-2/h1-2,9-14H,3-6H3. The van der Waals surface area contributed by atoms with Crippen molar-refractivity contribution in [1.29, 1.82) is 0 Å². The number of hydrogen-bond acceptors (Lipinski definition) is 0. The van der Waals surface area contributed by atoms with Crippen LogP contribution in [-0.2, 0) is 0 Å². The second-order valence-corrected chi connectivity index (χ2v) is 5.70. The first-order valence-electron chi connectivity index (χ1n) is 7.17. The molecule has 0 amide bonds. The number of allylic oxidation sites excluding steroid dienone is 12. The second-order valence-electron chi connectivity index (χ2n) is 5.70. The molecule has 0 bridgehead atoms. The van der Waals surface area contributed by atoms with Gasteiger partial charge in [0.2, 0.25) is 0 Å². The van der Waals surface area contributed by atoms with Crippen LogP contribution >= 0.6 is 0 Å². The lowest BCUT2D eigenvalue weighted by molar-refractivity contribution is 0.791. The predicted octanol–water partition coefficient (Wildman–Crippen LogP) is 4.90. The van der Waals surface area contributed by atoms with E-state index in [1.165, 1.54) is 16.7 Å². The Kier molecular flexibility index (Phi) is 4.21. The van der Waals surface area contributed by atoms with Gasteiger partial charge < -0.3 is 0 Å². The molecule has 104 valence electrons. The monoisotopic (exact) mass is 272 g/mol. The fourth-order valence-electron chi connectivity index (χ4n) is 2.59. The molecule has 0 aliphatic heterocycles. The van der Waals surface area contributed by atoms with Crippen LogP contribution in [0.3, 0.4) is 0 Å². The summed E-state index contributed by atoms with van der Waals surface area (Å²) in [5.41, 5.74) is 7.48. The van der Waals surface area contributed by atoms with E-state index in [4.69, 9.17) is 12.8 Å². The molecule has 0 aromatic carbocycles. The van der Waals surface area contributed by atoms with Gasteiger partial charge in [-0.1, -0.05) is 50.0 Å². The minimum atomic E-state index is 0.464. The van der Waals surface area contributed by atoms with Crippen LogP contribution in [0.2, 0.25) is 0 Å². The summed E-state index contributed by atoms with van der Waals surface area (Å²) >= 11 is 0. The first kappa shape index (κ1) is 15.0. The maximum atomic E-state index is 5.76. The van der Waals surface area contributed by atoms with Gasteiger partial charge in [-0.05, 0) is 48.1 Å². The highest BCUT2D eigenvalue weighted by Crippen LogP contribution is 2.36. The van der Waals surface area contributed by atoms with Crippen LogP contribution in [0.5, 0.6) is 0 Å². The number of hydrogen-bond donors (Lipinski definition) is 0. The molecule has 0 heterocycles. The molecule has 0 atom stereocenters. The molecule has 0 aromatic heterocycles. The molecule has 2 aliphatic rings. The van der Waals surface area contributed by atoms with Crippen LogP contribution in [0.1, 0.15) is 27.7 Å². The Balaban J connectivity index is 2.83. The lowest BCUT2D eigenvalue weighted by Gasteiger charge is -2.13. The van der Waals surface area contributed by atoms with Gasteiger partial charge in [-0.15, -0.1) is 12.8 Å². The van der Waals surface area contributed by atoms with Gasteiger partial charge in [0.15, 0.2) is 0 Å². The predicted molar refractivity (Wildman–Crippen MR) is 91.3 cm³/mol. The van der Waals surface area contributed by atoms with Gasteiger partial charge in [0.25, 0.3) is 0 Å². The largest absolute Gasteiger partial charge is 0.115 e. The van der Waals surface area contributed by atoms with E-state index >= 15 is 0 Å². The highest BCUT2D eigenvalue weighted by molar-refractivity contribution is 5.72. The zero-order valence-corrected chi connectivity index (χ0v) is 13.1. The molecule has 0 spiro atoms. The molecule has 2 rings (SSSR count). The molecule has 0 heteroatoms. The maximum Gasteiger partial charge on any atom is 0.0480 e. The van der Waals surface area contributed by atoms with Crippen molar-refractivity contribution in [3.63, 3.8) is 0 Å². The van der Waals surface area contributed by atoms with Gasteiger partial charge in [-0.2, -0.15) is 0 Å². The Bertz CT molecular complexity index is 739. The van der Waals surface area contributed by atoms with E-state index in [9.17, 15) is 0 Å². The Morgan fingerprint density at radius 3 is 2.14 bits per heavy atom. The van der Waals surface area contributed by atoms with Crippen molar-refractivity contribution in [3.05, 3.63) is 69.4 Å². The average Bonchev–Trinajstić information content (AvgIpc) is 2.70. The normalized spacial score (nSPS) is 18.1. The maximum absolute atomic E-state index is 5.76. The quantitative estimate of drug-likeness (QED) is 0.595. The first-order chi connectivity index (χ1) is 9.99. The third-order valence-electron chi connectivity index (χ3n) is 3.91. The zero-order valence-electron chi connectivity index (χ0n) is 13.1. The van der Waals surface area contributed by atoms with Crippen LogP contribution in [0.15, 0.2) is 69.4 Å². The third-order valence-corrected chi connectivity index (χ3v) is 3.91. The van der Waals surface area contributed by atoms with E-state index in [2.05, 4.69) is 63.8 Å². The van der Waals surface area contributed by atoms with Gasteiger partial charge in [0, 0.05) is 16.7 Å². The van der Waals surface area contributed by atoms with Crippen LogP contribution < -0.4 is 0 Å². The van der Waals surface area contributed by atoms with Crippen molar-refractivity contribution in [2.45, 2.75) is 27.7 Å². The molecule has 0 aromatic rings. The summed E-state index contributed by atoms with van der Waals surface area (Å²) in [4.78, 5) is 0. The van der Waals surface area contributed by atoms with Crippen molar-refractivity contribution in [2.24, 2.45) is 5.92 Å². The lowest BCUT2D eigenvalue weighted by atomic mass is 9.89. The van der Waals surface area contributed by atoms with Crippen molar-refractivity contribution < 1.29 is 0 Å². The van der Waals surface area contributed by atoms with E-state index in [1.54, 1.807) is 0 Å². The molecule has 0 fully saturated rings. The molecule has 0 unspecified atom stereocenters. The molecule has 0 nitrogen and oxygen atoms in total. The van der Waals surface area contributed by atoms with Gasteiger partial charge in [-0.25, -0.2) is 0 Å². The van der Waals surface area contributed by atoms with E-state index in [0.29, 0.717) is 5.92 Å². The molecular weight excluding hydrogens is 252 g/mol. The smallest absolute Gasteiger partial charge is 0.0480 e. The Morgan fingerprint density at radius 2 is 1.57 bits per heavy atom. The lowest BCUT2D eigenvalue weighted by Crippen LogP contribution is -1.98. The van der Waals surface area contributed by atoms with Crippen LogP contribution in [0.25, 0.3) is 0 Å². The minimum absolute atomic E-state index is 0.464. The van der Waals surface area contributed by atoms with E-state index in [0.717, 1.165) is 22.3 Å². The van der Waals surface area contributed by atoms with E-state index in [-0.39, 0.29) is 0 Å². The summed E-state index contributed by atoms with van der Waals surface area (Å²) < 4.78 is 0. The van der Waals surface area contributed by atoms with Gasteiger partial charge in [0.1, 0.15) is 0 Å². The summed E-state index contributed by atoms with van der Waals surface area (Å²) in [5, 5.41) is 0. The highest BCUT2D eigenvalue weighted by Gasteiger charge is 2.20. The number of fused-ring (bicyclic) bond motifs is 1. The van der Waals surface area contributed by atoms with Crippen LogP contribution in [0.4, 0.5) is 0 Å². The SMILES string of the molecule is C#CC1=C(C#C)C2=C(C)C=CC(C(C)C)=CC2=C(C)C=C1. The molecular formula is C21H20. The number of terminal acetylenes is 2. The highest BCUT2D eigenvalue weighted by atomic mass is 14.2. The summed E-state index contributed by atoms with van der Waals surface area (Å²) in [6.45, 7) is 8.59. The summed E-state index contributed by atoms with van der Waals surface area (Å²) in [6.07, 6.45) is 22.0. The van der Waals surface area contributed by atoms with Crippen LogP contribution in [0, 0.1) is 30.6 Å². The third kappa shape index (κ3) is 2.72. The Morgan fingerprint density at radius 1 is 0.905 bits per heavy atom. The summed E-state index contributed by atoms with van der Waals surface area (Å²) in [7, 11) is 0. The molecule has 0 saturated carbocycles. The fourth-order valence-corrected chi connectivity index (χ4v) is 2.59.